The quantitative estimate of drug-likeness (QED) is 0.737. The van der Waals surface area contributed by atoms with Crippen LogP contribution in [0.2, 0.25) is 0 Å². The van der Waals surface area contributed by atoms with Crippen LogP contribution >= 0.6 is 0 Å². The summed E-state index contributed by atoms with van der Waals surface area (Å²) in [6.45, 7) is 11.7. The Morgan fingerprint density at radius 1 is 1.43 bits per heavy atom. The van der Waals surface area contributed by atoms with Crippen molar-refractivity contribution in [1.82, 2.24) is 4.90 Å². The first-order valence-corrected chi connectivity index (χ1v) is 5.96. The fourth-order valence-electron chi connectivity index (χ4n) is 2.27. The van der Waals surface area contributed by atoms with Gasteiger partial charge in [-0.1, -0.05) is 13.8 Å². The van der Waals surface area contributed by atoms with Gasteiger partial charge in [-0.2, -0.15) is 0 Å². The predicted molar refractivity (Wildman–Crippen MR) is 62.3 cm³/mol. The Kier molecular flexibility index (Phi) is 3.96. The molecule has 2 nitrogen and oxygen atoms in total. The van der Waals surface area contributed by atoms with Crippen molar-refractivity contribution >= 4 is 0 Å². The molecule has 2 unspecified atom stereocenters. The van der Waals surface area contributed by atoms with E-state index in [2.05, 4.69) is 32.6 Å². The summed E-state index contributed by atoms with van der Waals surface area (Å²) in [5.41, 5.74) is 6.39. The third kappa shape index (κ3) is 2.96. The van der Waals surface area contributed by atoms with Crippen molar-refractivity contribution in [2.24, 2.45) is 11.7 Å². The Hall–Kier alpha value is -0.0800. The number of likely N-dealkylation sites (tertiary alicyclic amines) is 1. The van der Waals surface area contributed by atoms with E-state index >= 15 is 0 Å². The minimum absolute atomic E-state index is 0.346. The first-order chi connectivity index (χ1) is 6.45. The van der Waals surface area contributed by atoms with Gasteiger partial charge in [-0.05, 0) is 39.0 Å². The minimum Gasteiger partial charge on any atom is -0.328 e. The van der Waals surface area contributed by atoms with E-state index < -0.39 is 0 Å². The van der Waals surface area contributed by atoms with Crippen LogP contribution in [0, 0.1) is 5.92 Å². The van der Waals surface area contributed by atoms with Gasteiger partial charge >= 0.3 is 0 Å². The second kappa shape index (κ2) is 4.63. The van der Waals surface area contributed by atoms with E-state index in [4.69, 9.17) is 5.73 Å². The molecule has 0 aromatic carbocycles. The molecular formula is C12H26N2. The first-order valence-electron chi connectivity index (χ1n) is 5.96. The highest BCUT2D eigenvalue weighted by Crippen LogP contribution is 2.24. The van der Waals surface area contributed by atoms with E-state index in [1.807, 2.05) is 0 Å². The Balaban J connectivity index is 2.62. The van der Waals surface area contributed by atoms with E-state index in [0.29, 0.717) is 11.6 Å². The van der Waals surface area contributed by atoms with E-state index in [1.165, 1.54) is 25.9 Å². The summed E-state index contributed by atoms with van der Waals surface area (Å²) in [6, 6.07) is 0.419. The SMILES string of the molecule is CCC(C)(C)N1CCC(N)CC(C)C1. The highest BCUT2D eigenvalue weighted by atomic mass is 15.2. The van der Waals surface area contributed by atoms with Crippen LogP contribution in [-0.4, -0.2) is 29.6 Å². The number of hydrogen-bond acceptors (Lipinski definition) is 2. The molecule has 0 aromatic heterocycles. The van der Waals surface area contributed by atoms with Crippen molar-refractivity contribution in [1.29, 1.82) is 0 Å². The summed E-state index contributed by atoms with van der Waals surface area (Å²) >= 11 is 0. The average molecular weight is 198 g/mol. The van der Waals surface area contributed by atoms with Gasteiger partial charge in [0.15, 0.2) is 0 Å². The molecule has 0 amide bonds. The highest BCUT2D eigenvalue weighted by molar-refractivity contribution is 4.85. The average Bonchev–Trinajstić information content (AvgIpc) is 2.27. The van der Waals surface area contributed by atoms with Gasteiger partial charge in [0.25, 0.3) is 0 Å². The molecule has 0 aromatic rings. The summed E-state index contributed by atoms with van der Waals surface area (Å²) < 4.78 is 0. The van der Waals surface area contributed by atoms with Crippen molar-refractivity contribution in [2.75, 3.05) is 13.1 Å². The Bertz CT molecular complexity index is 177. The van der Waals surface area contributed by atoms with Gasteiger partial charge in [0.05, 0.1) is 0 Å². The molecule has 0 saturated carbocycles. The smallest absolute Gasteiger partial charge is 0.0150 e. The van der Waals surface area contributed by atoms with Crippen LogP contribution in [0.5, 0.6) is 0 Å². The maximum absolute atomic E-state index is 6.05. The number of nitrogens with zero attached hydrogens (tertiary/aromatic N) is 1. The van der Waals surface area contributed by atoms with Gasteiger partial charge in [-0.3, -0.25) is 4.90 Å². The molecule has 0 aliphatic carbocycles. The molecule has 0 bridgehead atoms. The standard InChI is InChI=1S/C12H26N2/c1-5-12(3,4)14-7-6-11(13)8-10(2)9-14/h10-11H,5-9,13H2,1-4H3. The lowest BCUT2D eigenvalue weighted by Gasteiger charge is -2.38. The molecule has 14 heavy (non-hydrogen) atoms. The summed E-state index contributed by atoms with van der Waals surface area (Å²) in [4.78, 5) is 2.62. The zero-order valence-electron chi connectivity index (χ0n) is 10.2. The lowest BCUT2D eigenvalue weighted by molar-refractivity contribution is 0.107. The van der Waals surface area contributed by atoms with Crippen LogP contribution < -0.4 is 5.73 Å². The van der Waals surface area contributed by atoms with Crippen molar-refractivity contribution in [3.63, 3.8) is 0 Å². The fourth-order valence-corrected chi connectivity index (χ4v) is 2.27. The van der Waals surface area contributed by atoms with Gasteiger partial charge in [-0.25, -0.2) is 0 Å². The minimum atomic E-state index is 0.346. The molecule has 1 rings (SSSR count). The molecule has 1 saturated heterocycles. The van der Waals surface area contributed by atoms with Gasteiger partial charge < -0.3 is 5.73 Å². The van der Waals surface area contributed by atoms with Crippen LogP contribution in [0.15, 0.2) is 0 Å². The third-order valence-corrected chi connectivity index (χ3v) is 3.73. The second-order valence-electron chi connectivity index (χ2n) is 5.50. The van der Waals surface area contributed by atoms with Crippen LogP contribution in [0.4, 0.5) is 0 Å². The maximum atomic E-state index is 6.05. The summed E-state index contributed by atoms with van der Waals surface area (Å²) in [6.07, 6.45) is 3.57. The molecule has 1 fully saturated rings. The van der Waals surface area contributed by atoms with Crippen molar-refractivity contribution in [3.05, 3.63) is 0 Å². The van der Waals surface area contributed by atoms with Crippen molar-refractivity contribution in [3.8, 4) is 0 Å². The molecule has 1 aliphatic rings. The molecular weight excluding hydrogens is 172 g/mol. The van der Waals surface area contributed by atoms with Crippen LogP contribution in [0.3, 0.4) is 0 Å². The zero-order chi connectivity index (χ0) is 10.8. The van der Waals surface area contributed by atoms with Crippen LogP contribution in [-0.2, 0) is 0 Å². The topological polar surface area (TPSA) is 29.3 Å². The molecule has 0 radical (unpaired) electrons. The van der Waals surface area contributed by atoms with Crippen molar-refractivity contribution < 1.29 is 0 Å². The van der Waals surface area contributed by atoms with Crippen LogP contribution in [0.1, 0.15) is 47.0 Å². The second-order valence-corrected chi connectivity index (χ2v) is 5.50. The maximum Gasteiger partial charge on any atom is 0.0150 e. The van der Waals surface area contributed by atoms with E-state index in [-0.39, 0.29) is 0 Å². The largest absolute Gasteiger partial charge is 0.328 e. The molecule has 84 valence electrons. The number of nitrogens with two attached hydrogens (primary N) is 1. The van der Waals surface area contributed by atoms with Crippen molar-refractivity contribution in [2.45, 2.75) is 58.5 Å². The lowest BCUT2D eigenvalue weighted by Crippen LogP contribution is -2.45. The number of hydrogen-bond donors (Lipinski definition) is 1. The molecule has 1 heterocycles. The molecule has 1 aliphatic heterocycles. The molecule has 0 spiro atoms. The summed E-state index contributed by atoms with van der Waals surface area (Å²) in [5, 5.41) is 0. The van der Waals surface area contributed by atoms with E-state index in [9.17, 15) is 0 Å². The fraction of sp³-hybridized carbons (Fsp3) is 1.00. The van der Waals surface area contributed by atoms with Gasteiger partial charge in [-0.15, -0.1) is 0 Å². The highest BCUT2D eigenvalue weighted by Gasteiger charge is 2.28. The molecule has 2 atom stereocenters. The normalized spacial score (nSPS) is 31.5. The lowest BCUT2D eigenvalue weighted by atomic mass is 9.97. The predicted octanol–water partition coefficient (Wildman–Crippen LogP) is 2.23. The van der Waals surface area contributed by atoms with E-state index in [0.717, 1.165) is 12.3 Å². The van der Waals surface area contributed by atoms with E-state index in [1.54, 1.807) is 0 Å². The third-order valence-electron chi connectivity index (χ3n) is 3.73. The monoisotopic (exact) mass is 198 g/mol. The Labute approximate surface area is 88.8 Å². The molecule has 2 N–H and O–H groups in total. The first kappa shape index (κ1) is 12.0. The van der Waals surface area contributed by atoms with Gasteiger partial charge in [0, 0.05) is 24.7 Å². The summed E-state index contributed by atoms with van der Waals surface area (Å²) in [5.74, 6) is 0.748. The van der Waals surface area contributed by atoms with Crippen LogP contribution in [0.25, 0.3) is 0 Å². The molecule has 2 heteroatoms. The Morgan fingerprint density at radius 3 is 2.64 bits per heavy atom. The van der Waals surface area contributed by atoms with Gasteiger partial charge in [0.1, 0.15) is 0 Å². The number of rotatable bonds is 2. The summed E-state index contributed by atoms with van der Waals surface area (Å²) in [7, 11) is 0. The van der Waals surface area contributed by atoms with Gasteiger partial charge in [0.2, 0.25) is 0 Å². The Morgan fingerprint density at radius 2 is 2.07 bits per heavy atom. The zero-order valence-corrected chi connectivity index (χ0v) is 10.2.